The molecule has 2 aliphatic rings. The number of fused-ring (bicyclic) bond motifs is 1. The molecule has 0 spiro atoms. The Balaban J connectivity index is 1.74. The van der Waals surface area contributed by atoms with E-state index >= 15 is 0 Å². The Morgan fingerprint density at radius 2 is 1.95 bits per heavy atom. The molecule has 4 nitrogen and oxygen atoms in total. The van der Waals surface area contributed by atoms with Crippen LogP contribution >= 0.6 is 0 Å². The molecule has 0 bridgehead atoms. The van der Waals surface area contributed by atoms with Crippen molar-refractivity contribution in [1.29, 1.82) is 0 Å². The maximum absolute atomic E-state index is 10.2. The standard InChI is InChI=1S/C15H20O4/c1-9-5-10(2)15(12(16)6-9)19-11-3-4-13-14(7-11)18-8-17-13/h3-4,7,9-10,12,15-16H,5-6,8H2,1-2H3. The minimum atomic E-state index is -0.399. The van der Waals surface area contributed by atoms with E-state index in [-0.39, 0.29) is 12.9 Å². The third kappa shape index (κ3) is 2.50. The Morgan fingerprint density at radius 3 is 2.74 bits per heavy atom. The minimum absolute atomic E-state index is 0.142. The average molecular weight is 264 g/mol. The lowest BCUT2D eigenvalue weighted by Gasteiger charge is -2.36. The van der Waals surface area contributed by atoms with Crippen LogP contribution in [-0.2, 0) is 0 Å². The molecular weight excluding hydrogens is 244 g/mol. The Labute approximate surface area is 113 Å². The first-order valence-electron chi connectivity index (χ1n) is 6.88. The van der Waals surface area contributed by atoms with Gasteiger partial charge in [0.25, 0.3) is 0 Å². The predicted molar refractivity (Wildman–Crippen MR) is 70.5 cm³/mol. The lowest BCUT2D eigenvalue weighted by atomic mass is 9.79. The van der Waals surface area contributed by atoms with Gasteiger partial charge in [-0.25, -0.2) is 0 Å². The molecule has 4 heteroatoms. The van der Waals surface area contributed by atoms with Gasteiger partial charge in [0.1, 0.15) is 11.9 Å². The third-order valence-corrected chi connectivity index (χ3v) is 3.97. The highest BCUT2D eigenvalue weighted by atomic mass is 16.7. The summed E-state index contributed by atoms with van der Waals surface area (Å²) in [5.74, 6) is 3.10. The maximum Gasteiger partial charge on any atom is 0.231 e. The molecule has 0 aromatic heterocycles. The highest BCUT2D eigenvalue weighted by Gasteiger charge is 2.34. The van der Waals surface area contributed by atoms with Gasteiger partial charge in [0.2, 0.25) is 6.79 Å². The van der Waals surface area contributed by atoms with Crippen LogP contribution in [0.1, 0.15) is 26.7 Å². The summed E-state index contributed by atoms with van der Waals surface area (Å²) in [6, 6.07) is 5.55. The van der Waals surface area contributed by atoms with Crippen molar-refractivity contribution in [2.75, 3.05) is 6.79 Å². The van der Waals surface area contributed by atoms with E-state index in [0.29, 0.717) is 17.6 Å². The molecule has 0 radical (unpaired) electrons. The summed E-state index contributed by atoms with van der Waals surface area (Å²) in [7, 11) is 0. The Morgan fingerprint density at radius 1 is 1.16 bits per heavy atom. The quantitative estimate of drug-likeness (QED) is 0.892. The van der Waals surface area contributed by atoms with E-state index in [1.807, 2.05) is 18.2 Å². The third-order valence-electron chi connectivity index (χ3n) is 3.97. The van der Waals surface area contributed by atoms with Crippen LogP contribution in [0.25, 0.3) is 0 Å². The van der Waals surface area contributed by atoms with E-state index < -0.39 is 6.10 Å². The Bertz CT molecular complexity index is 447. The van der Waals surface area contributed by atoms with Crippen LogP contribution in [0.5, 0.6) is 17.2 Å². The molecule has 0 saturated heterocycles. The smallest absolute Gasteiger partial charge is 0.231 e. The summed E-state index contributed by atoms with van der Waals surface area (Å²) in [6.07, 6.45) is 1.35. The van der Waals surface area contributed by atoms with Gasteiger partial charge >= 0.3 is 0 Å². The van der Waals surface area contributed by atoms with Crippen LogP contribution in [-0.4, -0.2) is 24.1 Å². The number of aliphatic hydroxyl groups is 1. The molecule has 1 fully saturated rings. The van der Waals surface area contributed by atoms with E-state index in [4.69, 9.17) is 14.2 Å². The normalized spacial score (nSPS) is 33.2. The fourth-order valence-electron chi connectivity index (χ4n) is 3.09. The van der Waals surface area contributed by atoms with Crippen molar-refractivity contribution in [3.63, 3.8) is 0 Å². The molecule has 1 aliphatic carbocycles. The van der Waals surface area contributed by atoms with Crippen molar-refractivity contribution in [2.24, 2.45) is 11.8 Å². The predicted octanol–water partition coefficient (Wildman–Crippen LogP) is 2.59. The monoisotopic (exact) mass is 264 g/mol. The van der Waals surface area contributed by atoms with Crippen LogP contribution in [0, 0.1) is 11.8 Å². The van der Waals surface area contributed by atoms with Gasteiger partial charge in [-0.2, -0.15) is 0 Å². The average Bonchev–Trinajstić information content (AvgIpc) is 2.81. The second kappa shape index (κ2) is 4.93. The minimum Gasteiger partial charge on any atom is -0.487 e. The van der Waals surface area contributed by atoms with Crippen molar-refractivity contribution < 1.29 is 19.3 Å². The van der Waals surface area contributed by atoms with Crippen LogP contribution in [0.2, 0.25) is 0 Å². The van der Waals surface area contributed by atoms with E-state index in [0.717, 1.165) is 24.3 Å². The second-order valence-electron chi connectivity index (χ2n) is 5.72. The molecule has 3 rings (SSSR count). The second-order valence-corrected chi connectivity index (χ2v) is 5.72. The van der Waals surface area contributed by atoms with Crippen LogP contribution in [0.15, 0.2) is 18.2 Å². The van der Waals surface area contributed by atoms with Gasteiger partial charge in [-0.3, -0.25) is 0 Å². The van der Waals surface area contributed by atoms with Crippen molar-refractivity contribution in [3.05, 3.63) is 18.2 Å². The van der Waals surface area contributed by atoms with Crippen molar-refractivity contribution >= 4 is 0 Å². The van der Waals surface area contributed by atoms with Crippen molar-refractivity contribution in [3.8, 4) is 17.2 Å². The van der Waals surface area contributed by atoms with Crippen LogP contribution in [0.3, 0.4) is 0 Å². The number of rotatable bonds is 2. The van der Waals surface area contributed by atoms with Gasteiger partial charge in [-0.05, 0) is 36.8 Å². The molecule has 1 saturated carbocycles. The van der Waals surface area contributed by atoms with Gasteiger partial charge in [-0.15, -0.1) is 0 Å². The zero-order chi connectivity index (χ0) is 13.4. The summed E-state index contributed by atoms with van der Waals surface area (Å²) < 4.78 is 16.6. The van der Waals surface area contributed by atoms with Gasteiger partial charge in [-0.1, -0.05) is 13.8 Å². The topological polar surface area (TPSA) is 47.9 Å². The first kappa shape index (κ1) is 12.6. The van der Waals surface area contributed by atoms with E-state index in [1.54, 1.807) is 0 Å². The summed E-state index contributed by atoms with van der Waals surface area (Å²) in [4.78, 5) is 0. The zero-order valence-corrected chi connectivity index (χ0v) is 11.3. The molecule has 4 atom stereocenters. The van der Waals surface area contributed by atoms with Gasteiger partial charge in [0.15, 0.2) is 11.5 Å². The van der Waals surface area contributed by atoms with Crippen LogP contribution < -0.4 is 14.2 Å². The first-order valence-corrected chi connectivity index (χ1v) is 6.88. The molecule has 1 heterocycles. The Kier molecular flexibility index (Phi) is 3.27. The molecule has 1 aromatic carbocycles. The Hall–Kier alpha value is -1.42. The lowest BCUT2D eigenvalue weighted by molar-refractivity contribution is -0.0389. The van der Waals surface area contributed by atoms with Crippen molar-refractivity contribution in [1.82, 2.24) is 0 Å². The molecule has 1 aromatic rings. The van der Waals surface area contributed by atoms with Crippen molar-refractivity contribution in [2.45, 2.75) is 38.9 Å². The molecule has 1 aliphatic heterocycles. The highest BCUT2D eigenvalue weighted by molar-refractivity contribution is 5.46. The van der Waals surface area contributed by atoms with E-state index in [9.17, 15) is 5.11 Å². The summed E-state index contributed by atoms with van der Waals surface area (Å²) in [5, 5.41) is 10.2. The lowest BCUT2D eigenvalue weighted by Crippen LogP contribution is -2.43. The maximum atomic E-state index is 10.2. The SMILES string of the molecule is CC1CC(C)C(Oc2ccc3c(c2)OCO3)C(O)C1. The number of aliphatic hydroxyl groups excluding tert-OH is 1. The number of hydrogen-bond donors (Lipinski definition) is 1. The number of benzene rings is 1. The molecule has 19 heavy (non-hydrogen) atoms. The summed E-state index contributed by atoms with van der Waals surface area (Å²) in [6.45, 7) is 4.58. The highest BCUT2D eigenvalue weighted by Crippen LogP contribution is 2.37. The van der Waals surface area contributed by atoms with Gasteiger partial charge in [0.05, 0.1) is 6.10 Å². The van der Waals surface area contributed by atoms with Gasteiger partial charge in [0, 0.05) is 6.07 Å². The molecular formula is C15H20O4. The van der Waals surface area contributed by atoms with E-state index in [1.165, 1.54) is 0 Å². The molecule has 1 N–H and O–H groups in total. The summed E-state index contributed by atoms with van der Waals surface area (Å²) in [5.41, 5.74) is 0. The largest absolute Gasteiger partial charge is 0.487 e. The van der Waals surface area contributed by atoms with E-state index in [2.05, 4.69) is 13.8 Å². The summed E-state index contributed by atoms with van der Waals surface area (Å²) >= 11 is 0. The molecule has 4 unspecified atom stereocenters. The zero-order valence-electron chi connectivity index (χ0n) is 11.3. The number of hydrogen-bond acceptors (Lipinski definition) is 4. The van der Waals surface area contributed by atoms with Crippen LogP contribution in [0.4, 0.5) is 0 Å². The molecule has 0 amide bonds. The molecule has 104 valence electrons. The fraction of sp³-hybridized carbons (Fsp3) is 0.600. The van der Waals surface area contributed by atoms with Gasteiger partial charge < -0.3 is 19.3 Å². The number of ether oxygens (including phenoxy) is 3. The first-order chi connectivity index (χ1) is 9.13. The fourth-order valence-corrected chi connectivity index (χ4v) is 3.09.